The summed E-state index contributed by atoms with van der Waals surface area (Å²) in [5.41, 5.74) is 5.97. The third-order valence-corrected chi connectivity index (χ3v) is 8.13. The summed E-state index contributed by atoms with van der Waals surface area (Å²) in [7, 11) is 0. The minimum atomic E-state index is -0.212. The van der Waals surface area contributed by atoms with Crippen LogP contribution in [0.2, 0.25) is 0 Å². The molecule has 0 atom stereocenters. The Hall–Kier alpha value is -5.01. The number of carbonyl (C=O) groups excluding carboxylic acids is 5. The molecule has 6 rings (SSSR count). The standard InChI is InChI=1S/C19H23N3O3.C13H19N3O.C5H6O.CH2Cl2.CO2.CH4.B/c1-13-3-5-15(6-4-13)20-19(24)21-16-7-10-22(11-8-16)18(23)17-14(2)9-12-25-17;1-10-2-4-11(5-3-10)15-13(17)16-12-6-8-14-9-7-12;1-5-2-3-6-4-5;2*2-1-3;;/h3-6,9,12,16H,7-8,10-11H2,1-2H3,(H2,20,21,24);2-5,12,14H,6-9H2,1H3,(H2,15,16,17);2-4H,1H3;1H2;;1H4;. The van der Waals surface area contributed by atoms with Gasteiger partial charge < -0.3 is 40.3 Å². The number of hydrogen-bond acceptors (Lipinski definition) is 8. The fraction of sp³-hybridized carbons (Fsp3) is 0.400. The predicted octanol–water partition coefficient (Wildman–Crippen LogP) is 7.87. The number of rotatable bonds is 5. The van der Waals surface area contributed by atoms with Gasteiger partial charge in [-0.15, -0.1) is 23.2 Å². The topological polar surface area (TPSA) is 175 Å². The van der Waals surface area contributed by atoms with Crippen LogP contribution in [0.1, 0.15) is 65.9 Å². The van der Waals surface area contributed by atoms with Gasteiger partial charge >= 0.3 is 18.2 Å². The molecule has 3 radical (unpaired) electrons. The highest BCUT2D eigenvalue weighted by Crippen LogP contribution is 2.17. The normalized spacial score (nSPS) is 13.1. The first-order chi connectivity index (χ1) is 26.0. The molecule has 0 aliphatic carbocycles. The molecule has 2 aliphatic rings. The van der Waals surface area contributed by atoms with Crippen molar-refractivity contribution in [2.75, 3.05) is 42.2 Å². The van der Waals surface area contributed by atoms with E-state index in [1.54, 1.807) is 23.5 Å². The molecule has 2 aromatic heterocycles. The summed E-state index contributed by atoms with van der Waals surface area (Å²) >= 11 is 9.53. The quantitative estimate of drug-likeness (QED) is 0.1000. The molecule has 13 nitrogen and oxygen atoms in total. The summed E-state index contributed by atoms with van der Waals surface area (Å²) in [6.07, 6.45) is 8.61. The zero-order valence-corrected chi connectivity index (χ0v) is 33.2. The SMILES string of the molecule is C.Cc1ccc(NC(=O)NC2CCN(C(=O)c3occc3C)CC2)cc1.Cc1ccc(NC(=O)NC2CCNCC2)cc1.Cc1ccoc1.ClCCl.O=C=O.[B]. The molecule has 16 heteroatoms. The number of halogens is 2. The van der Waals surface area contributed by atoms with Gasteiger partial charge in [-0.2, -0.15) is 9.59 Å². The van der Waals surface area contributed by atoms with Gasteiger partial charge in [0.15, 0.2) is 5.76 Å². The van der Waals surface area contributed by atoms with Crippen LogP contribution < -0.4 is 26.6 Å². The molecule has 2 aromatic carbocycles. The number of benzene rings is 2. The Morgan fingerprint density at radius 1 is 0.732 bits per heavy atom. The molecule has 0 spiro atoms. The molecule has 4 aromatic rings. The van der Waals surface area contributed by atoms with Crippen LogP contribution >= 0.6 is 23.2 Å². The lowest BCUT2D eigenvalue weighted by Crippen LogP contribution is -2.47. The van der Waals surface area contributed by atoms with E-state index >= 15 is 0 Å². The fourth-order valence-corrected chi connectivity index (χ4v) is 5.24. The Kier molecular flexibility index (Phi) is 26.7. The Morgan fingerprint density at radius 2 is 1.18 bits per heavy atom. The second kappa shape index (κ2) is 29.3. The highest BCUT2D eigenvalue weighted by molar-refractivity contribution is 6.40. The summed E-state index contributed by atoms with van der Waals surface area (Å²) in [5.74, 6) is 0.327. The van der Waals surface area contributed by atoms with E-state index in [2.05, 4.69) is 26.6 Å². The maximum atomic E-state index is 12.4. The third-order valence-electron chi connectivity index (χ3n) is 8.13. The van der Waals surface area contributed by atoms with Crippen LogP contribution in [-0.4, -0.2) is 81.0 Å². The number of aryl methyl sites for hydroxylation is 4. The molecule has 2 fully saturated rings. The molecule has 0 saturated carbocycles. The average Bonchev–Trinajstić information content (AvgIpc) is 3.82. The van der Waals surface area contributed by atoms with E-state index < -0.39 is 0 Å². The predicted molar refractivity (Wildman–Crippen MR) is 222 cm³/mol. The van der Waals surface area contributed by atoms with Crippen molar-refractivity contribution in [3.8, 4) is 0 Å². The van der Waals surface area contributed by atoms with Gasteiger partial charge in [0.25, 0.3) is 5.91 Å². The van der Waals surface area contributed by atoms with Crippen molar-refractivity contribution >= 4 is 67.1 Å². The average molecular weight is 813 g/mol. The number of likely N-dealkylation sites (tertiary alicyclic amines) is 1. The Bertz CT molecular complexity index is 1690. The van der Waals surface area contributed by atoms with Crippen molar-refractivity contribution in [1.29, 1.82) is 0 Å². The number of piperidine rings is 2. The zero-order valence-electron chi connectivity index (χ0n) is 31.7. The monoisotopic (exact) mass is 811 g/mol. The van der Waals surface area contributed by atoms with Crippen LogP contribution in [0.3, 0.4) is 0 Å². The van der Waals surface area contributed by atoms with E-state index in [9.17, 15) is 14.4 Å². The van der Waals surface area contributed by atoms with E-state index in [1.807, 2.05) is 82.3 Å². The number of anilines is 2. The van der Waals surface area contributed by atoms with Crippen LogP contribution in [0.25, 0.3) is 0 Å². The summed E-state index contributed by atoms with van der Waals surface area (Å²) in [6.45, 7) is 11.1. The summed E-state index contributed by atoms with van der Waals surface area (Å²) in [6, 6.07) is 19.2. The highest BCUT2D eigenvalue weighted by atomic mass is 35.5. The van der Waals surface area contributed by atoms with Gasteiger partial charge in [-0.3, -0.25) is 4.79 Å². The summed E-state index contributed by atoms with van der Waals surface area (Å²) in [4.78, 5) is 54.3. The largest absolute Gasteiger partial charge is 0.472 e. The smallest absolute Gasteiger partial charge is 0.373 e. The van der Waals surface area contributed by atoms with Crippen LogP contribution in [0.4, 0.5) is 21.0 Å². The van der Waals surface area contributed by atoms with Gasteiger partial charge in [0.1, 0.15) is 0 Å². The third kappa shape index (κ3) is 20.6. The van der Waals surface area contributed by atoms with Gasteiger partial charge in [0.05, 0.1) is 24.1 Å². The van der Waals surface area contributed by atoms with Gasteiger partial charge in [-0.1, -0.05) is 42.8 Å². The number of urea groups is 2. The van der Waals surface area contributed by atoms with Gasteiger partial charge in [-0.25, -0.2) is 9.59 Å². The molecule has 4 heterocycles. The van der Waals surface area contributed by atoms with Crippen LogP contribution in [-0.2, 0) is 9.59 Å². The lowest BCUT2D eigenvalue weighted by atomic mass is 10.0. The molecule has 5 N–H and O–H groups in total. The number of alkyl halides is 2. The molecule has 0 bridgehead atoms. The summed E-state index contributed by atoms with van der Waals surface area (Å²) in [5, 5.41) is 15.1. The van der Waals surface area contributed by atoms with Crippen LogP contribution in [0, 0.1) is 27.7 Å². The number of carbonyl (C=O) groups is 3. The highest BCUT2D eigenvalue weighted by Gasteiger charge is 2.27. The fourth-order valence-electron chi connectivity index (χ4n) is 5.24. The van der Waals surface area contributed by atoms with Crippen molar-refractivity contribution in [1.82, 2.24) is 20.9 Å². The van der Waals surface area contributed by atoms with Crippen molar-refractivity contribution in [2.45, 2.75) is 72.9 Å². The molecule has 2 saturated heterocycles. The molecular weight excluding hydrogens is 758 g/mol. The maximum Gasteiger partial charge on any atom is 0.373 e. The minimum absolute atomic E-state index is 0. The Morgan fingerprint density at radius 3 is 1.54 bits per heavy atom. The Labute approximate surface area is 342 Å². The number of furan rings is 2. The maximum absolute atomic E-state index is 12.4. The van der Waals surface area contributed by atoms with Crippen molar-refractivity contribution in [2.24, 2.45) is 0 Å². The molecule has 2 aliphatic heterocycles. The van der Waals surface area contributed by atoms with E-state index in [0.29, 0.717) is 24.9 Å². The van der Waals surface area contributed by atoms with Gasteiger partial charge in [-0.05, 0) is 108 Å². The molecule has 0 unspecified atom stereocenters. The Balaban J connectivity index is 0.000000840. The number of amides is 5. The first-order valence-corrected chi connectivity index (χ1v) is 18.5. The van der Waals surface area contributed by atoms with Gasteiger partial charge in [0.2, 0.25) is 0 Å². The van der Waals surface area contributed by atoms with Crippen molar-refractivity contribution in [3.63, 3.8) is 0 Å². The summed E-state index contributed by atoms with van der Waals surface area (Å²) < 4.78 is 9.99. The first-order valence-electron chi connectivity index (χ1n) is 17.4. The van der Waals surface area contributed by atoms with Crippen LogP contribution in [0.15, 0.2) is 88.3 Å². The number of nitrogens with one attached hydrogen (secondary N) is 5. The van der Waals surface area contributed by atoms with E-state index in [-0.39, 0.29) is 51.3 Å². The van der Waals surface area contributed by atoms with E-state index in [1.165, 1.54) is 17.4 Å². The lowest BCUT2D eigenvalue weighted by Gasteiger charge is -2.32. The molecule has 5 amide bonds. The van der Waals surface area contributed by atoms with Crippen molar-refractivity contribution in [3.05, 3.63) is 107 Å². The number of hydrogen-bond donors (Lipinski definition) is 5. The second-order valence-corrected chi connectivity index (χ2v) is 13.2. The van der Waals surface area contributed by atoms with Crippen molar-refractivity contribution < 1.29 is 32.8 Å². The van der Waals surface area contributed by atoms with E-state index in [0.717, 1.165) is 61.3 Å². The zero-order chi connectivity index (χ0) is 39.7. The minimum Gasteiger partial charge on any atom is -0.472 e. The molecule has 56 heavy (non-hydrogen) atoms. The van der Waals surface area contributed by atoms with Crippen LogP contribution in [0.5, 0.6) is 0 Å². The van der Waals surface area contributed by atoms with Gasteiger partial charge in [0, 0.05) is 50.5 Å². The number of nitrogens with zero attached hydrogens (tertiary/aromatic N) is 1. The molecule has 303 valence electrons. The first kappa shape index (κ1) is 51.0. The lowest BCUT2D eigenvalue weighted by molar-refractivity contribution is -0.191. The second-order valence-electron chi connectivity index (χ2n) is 12.4. The molecular formula is C40H54BCl2N6O7. The van der Waals surface area contributed by atoms with E-state index in [4.69, 9.17) is 41.6 Å².